The molecule has 0 spiro atoms. The van der Waals surface area contributed by atoms with Gasteiger partial charge in [-0.25, -0.2) is 8.78 Å². The SMILES string of the molecule is [2H]c1cc(CCC2CCC(CCC)CC2)ccc1-c1c([2H])c(F)c([2H])c(F)c1[2H]. The third-order valence-corrected chi connectivity index (χ3v) is 5.34. The first-order chi connectivity index (χ1) is 13.8. The van der Waals surface area contributed by atoms with Crippen molar-refractivity contribution in [2.45, 2.75) is 58.3 Å². The fraction of sp³-hybridized carbons (Fsp3) is 0.478. The number of benzene rings is 2. The molecule has 1 saturated carbocycles. The van der Waals surface area contributed by atoms with Crippen LogP contribution in [0.1, 0.15) is 62.9 Å². The van der Waals surface area contributed by atoms with Gasteiger partial charge in [-0.05, 0) is 53.5 Å². The first-order valence-corrected chi connectivity index (χ1v) is 9.38. The summed E-state index contributed by atoms with van der Waals surface area (Å²) < 4.78 is 59.3. The maximum absolute atomic E-state index is 14.0. The van der Waals surface area contributed by atoms with Crippen LogP contribution in [0, 0.1) is 23.5 Å². The molecule has 0 saturated heterocycles. The van der Waals surface area contributed by atoms with Crippen molar-refractivity contribution in [3.8, 4) is 11.1 Å². The Kier molecular flexibility index (Phi) is 4.64. The summed E-state index contributed by atoms with van der Waals surface area (Å²) >= 11 is 0. The van der Waals surface area contributed by atoms with E-state index in [0.29, 0.717) is 5.92 Å². The van der Waals surface area contributed by atoms with Crippen molar-refractivity contribution in [1.29, 1.82) is 0 Å². The Morgan fingerprint density at radius 3 is 2.12 bits per heavy atom. The summed E-state index contributed by atoms with van der Waals surface area (Å²) in [6, 6.07) is 2.64. The number of halogens is 2. The number of hydrogen-bond acceptors (Lipinski definition) is 0. The molecule has 1 aliphatic carbocycles. The molecule has 2 heteroatoms. The lowest BCUT2D eigenvalue weighted by Gasteiger charge is -2.28. The summed E-state index contributed by atoms with van der Waals surface area (Å²) in [5, 5.41) is 0. The van der Waals surface area contributed by atoms with Crippen molar-refractivity contribution >= 4 is 0 Å². The van der Waals surface area contributed by atoms with Crippen molar-refractivity contribution < 1.29 is 14.3 Å². The summed E-state index contributed by atoms with van der Waals surface area (Å²) in [5.74, 6) is -1.000. The molecule has 0 amide bonds. The zero-order valence-corrected chi connectivity index (χ0v) is 14.8. The van der Waals surface area contributed by atoms with Crippen molar-refractivity contribution in [2.24, 2.45) is 11.8 Å². The third-order valence-electron chi connectivity index (χ3n) is 5.34. The van der Waals surface area contributed by atoms with E-state index in [1.54, 1.807) is 12.1 Å². The van der Waals surface area contributed by atoms with Crippen molar-refractivity contribution in [3.05, 3.63) is 59.6 Å². The topological polar surface area (TPSA) is 0 Å². The van der Waals surface area contributed by atoms with Gasteiger partial charge in [0, 0.05) is 6.04 Å². The normalized spacial score (nSPS) is 22.8. The van der Waals surface area contributed by atoms with Crippen LogP contribution in [-0.4, -0.2) is 0 Å². The molecule has 0 aliphatic heterocycles. The van der Waals surface area contributed by atoms with Crippen molar-refractivity contribution in [3.63, 3.8) is 0 Å². The Balaban J connectivity index is 1.72. The Morgan fingerprint density at radius 2 is 1.52 bits per heavy atom. The Bertz CT molecular complexity index is 845. The number of rotatable bonds is 6. The quantitative estimate of drug-likeness (QED) is 0.520. The number of hydrogen-bond donors (Lipinski definition) is 0. The predicted molar refractivity (Wildman–Crippen MR) is 100 cm³/mol. The van der Waals surface area contributed by atoms with Gasteiger partial charge in [-0.1, -0.05) is 69.7 Å². The second-order valence-corrected chi connectivity index (χ2v) is 7.20. The highest BCUT2D eigenvalue weighted by atomic mass is 19.1. The van der Waals surface area contributed by atoms with Gasteiger partial charge in [0.15, 0.2) is 0 Å². The average Bonchev–Trinajstić information content (AvgIpc) is 2.72. The fourth-order valence-corrected chi connectivity index (χ4v) is 3.90. The highest BCUT2D eigenvalue weighted by molar-refractivity contribution is 5.63. The van der Waals surface area contributed by atoms with Crippen LogP contribution >= 0.6 is 0 Å². The van der Waals surface area contributed by atoms with Gasteiger partial charge in [0.05, 0.1) is 5.48 Å². The molecule has 0 atom stereocenters. The molecule has 2 aromatic carbocycles. The van der Waals surface area contributed by atoms with Gasteiger partial charge in [0.2, 0.25) is 0 Å². The van der Waals surface area contributed by atoms with Gasteiger partial charge in [0.25, 0.3) is 0 Å². The van der Waals surface area contributed by atoms with Gasteiger partial charge in [-0.3, -0.25) is 0 Å². The zero-order chi connectivity index (χ0) is 21.1. The van der Waals surface area contributed by atoms with Gasteiger partial charge < -0.3 is 0 Å². The Morgan fingerprint density at radius 1 is 0.880 bits per heavy atom. The van der Waals surface area contributed by atoms with Gasteiger partial charge in [-0.15, -0.1) is 0 Å². The maximum Gasteiger partial charge on any atom is 0.126 e. The minimum Gasteiger partial charge on any atom is -0.207 e. The van der Waals surface area contributed by atoms with E-state index in [2.05, 4.69) is 6.92 Å². The minimum atomic E-state index is -1.30. The summed E-state index contributed by atoms with van der Waals surface area (Å²) in [6.45, 7) is 2.24. The molecule has 0 unspecified atom stereocenters. The molecule has 3 rings (SSSR count). The van der Waals surface area contributed by atoms with Crippen LogP contribution in [0.15, 0.2) is 42.4 Å². The first-order valence-electron chi connectivity index (χ1n) is 11.4. The molecule has 1 aliphatic rings. The number of aryl methyl sites for hydroxylation is 1. The fourth-order valence-electron chi connectivity index (χ4n) is 3.90. The summed E-state index contributed by atoms with van der Waals surface area (Å²) in [6.07, 6.45) is 9.65. The summed E-state index contributed by atoms with van der Waals surface area (Å²) in [5.41, 5.74) is 0.883. The van der Waals surface area contributed by atoms with Crippen LogP contribution in [0.4, 0.5) is 8.78 Å². The van der Waals surface area contributed by atoms with Crippen LogP contribution < -0.4 is 0 Å². The largest absolute Gasteiger partial charge is 0.207 e. The molecule has 2 aromatic rings. The van der Waals surface area contributed by atoms with Crippen LogP contribution in [0.5, 0.6) is 0 Å². The second kappa shape index (κ2) is 8.60. The van der Waals surface area contributed by atoms with Crippen LogP contribution in [-0.2, 0) is 6.42 Å². The second-order valence-electron chi connectivity index (χ2n) is 7.20. The molecule has 0 N–H and O–H groups in total. The smallest absolute Gasteiger partial charge is 0.126 e. The highest BCUT2D eigenvalue weighted by Crippen LogP contribution is 2.34. The average molecular weight is 346 g/mol. The van der Waals surface area contributed by atoms with Crippen LogP contribution in [0.25, 0.3) is 11.1 Å². The van der Waals surface area contributed by atoms with E-state index >= 15 is 0 Å². The molecule has 0 nitrogen and oxygen atoms in total. The molecule has 25 heavy (non-hydrogen) atoms. The van der Waals surface area contributed by atoms with E-state index in [9.17, 15) is 8.78 Å². The van der Waals surface area contributed by atoms with E-state index in [1.807, 2.05) is 6.07 Å². The van der Waals surface area contributed by atoms with E-state index < -0.39 is 29.8 Å². The molecule has 0 bridgehead atoms. The van der Waals surface area contributed by atoms with E-state index in [0.717, 1.165) is 24.3 Å². The van der Waals surface area contributed by atoms with Crippen molar-refractivity contribution in [1.82, 2.24) is 0 Å². The molecular weight excluding hydrogens is 314 g/mol. The summed E-state index contributed by atoms with van der Waals surface area (Å²) in [4.78, 5) is 0. The van der Waals surface area contributed by atoms with Gasteiger partial charge >= 0.3 is 0 Å². The summed E-state index contributed by atoms with van der Waals surface area (Å²) in [7, 11) is 0. The third kappa shape index (κ3) is 5.14. The zero-order valence-electron chi connectivity index (χ0n) is 18.8. The minimum absolute atomic E-state index is 0.0488. The highest BCUT2D eigenvalue weighted by Gasteiger charge is 2.20. The lowest BCUT2D eigenvalue weighted by molar-refractivity contribution is 0.252. The van der Waals surface area contributed by atoms with Crippen molar-refractivity contribution in [2.75, 3.05) is 0 Å². The van der Waals surface area contributed by atoms with E-state index in [4.69, 9.17) is 5.48 Å². The van der Waals surface area contributed by atoms with Crippen LogP contribution in [0.2, 0.25) is 0 Å². The van der Waals surface area contributed by atoms with Crippen LogP contribution in [0.3, 0.4) is 0 Å². The first kappa shape index (κ1) is 13.5. The molecule has 0 heterocycles. The molecule has 134 valence electrons. The molecule has 0 radical (unpaired) electrons. The Labute approximate surface area is 155 Å². The monoisotopic (exact) mass is 346 g/mol. The lowest BCUT2D eigenvalue weighted by atomic mass is 9.78. The molecular formula is C23H28F2. The predicted octanol–water partition coefficient (Wildman–Crippen LogP) is 7.17. The van der Waals surface area contributed by atoms with Gasteiger partial charge in [-0.2, -0.15) is 0 Å². The molecule has 1 fully saturated rings. The molecule has 0 aromatic heterocycles. The maximum atomic E-state index is 14.0. The van der Waals surface area contributed by atoms with Gasteiger partial charge in [0.1, 0.15) is 11.6 Å². The van der Waals surface area contributed by atoms with E-state index in [1.165, 1.54) is 38.5 Å². The standard InChI is InChI=1S/C23H28F2/c1-2-3-17-4-6-18(7-5-17)8-9-19-10-12-20(13-11-19)21-14-22(24)16-23(25)15-21/h10-18H,2-9H2,1H3/i12D,14D,15D,16D. The lowest BCUT2D eigenvalue weighted by Crippen LogP contribution is -2.15. The van der Waals surface area contributed by atoms with E-state index in [-0.39, 0.29) is 17.2 Å². The Hall–Kier alpha value is -1.70.